The molecule has 2 aromatic rings. The summed E-state index contributed by atoms with van der Waals surface area (Å²) in [4.78, 5) is 8.88. The second-order valence-electron chi connectivity index (χ2n) is 5.75. The first-order valence-electron chi connectivity index (χ1n) is 7.80. The molecule has 0 saturated carbocycles. The number of hydrogen-bond acceptors (Lipinski definition) is 5. The highest BCUT2D eigenvalue weighted by atomic mass is 16.3. The lowest BCUT2D eigenvalue weighted by atomic mass is 10.1. The number of piperazine rings is 1. The molecule has 0 atom stereocenters. The van der Waals surface area contributed by atoms with Crippen molar-refractivity contribution in [3.8, 4) is 6.07 Å². The van der Waals surface area contributed by atoms with Crippen LogP contribution in [0.15, 0.2) is 42.6 Å². The number of benzene rings is 1. The Morgan fingerprint density at radius 1 is 1.00 bits per heavy atom. The second-order valence-corrected chi connectivity index (χ2v) is 5.75. The van der Waals surface area contributed by atoms with Gasteiger partial charge in [0.15, 0.2) is 0 Å². The molecule has 1 aliphatic rings. The van der Waals surface area contributed by atoms with Crippen molar-refractivity contribution in [2.75, 3.05) is 31.1 Å². The van der Waals surface area contributed by atoms with Gasteiger partial charge in [0.25, 0.3) is 0 Å². The van der Waals surface area contributed by atoms with Crippen LogP contribution >= 0.6 is 0 Å². The maximum absolute atomic E-state index is 9.08. The lowest BCUT2D eigenvalue weighted by Gasteiger charge is -2.36. The molecule has 118 valence electrons. The molecule has 1 saturated heterocycles. The first-order valence-corrected chi connectivity index (χ1v) is 7.80. The van der Waals surface area contributed by atoms with Crippen molar-refractivity contribution < 1.29 is 5.11 Å². The van der Waals surface area contributed by atoms with Crippen LogP contribution in [0.5, 0.6) is 0 Å². The number of aliphatic hydroxyl groups excluding tert-OH is 1. The van der Waals surface area contributed by atoms with Gasteiger partial charge in [-0.2, -0.15) is 5.26 Å². The van der Waals surface area contributed by atoms with Crippen molar-refractivity contribution in [3.63, 3.8) is 0 Å². The third-order valence-electron chi connectivity index (χ3n) is 4.21. The van der Waals surface area contributed by atoms with Gasteiger partial charge in [-0.1, -0.05) is 24.3 Å². The van der Waals surface area contributed by atoms with Crippen LogP contribution in [0.25, 0.3) is 0 Å². The molecule has 1 aromatic carbocycles. The summed E-state index contributed by atoms with van der Waals surface area (Å²) in [7, 11) is 0. The molecular weight excluding hydrogens is 288 g/mol. The summed E-state index contributed by atoms with van der Waals surface area (Å²) in [6.45, 7) is 4.96. The molecule has 5 nitrogen and oxygen atoms in total. The van der Waals surface area contributed by atoms with Crippen LogP contribution in [0.3, 0.4) is 0 Å². The molecule has 0 amide bonds. The summed E-state index contributed by atoms with van der Waals surface area (Å²) >= 11 is 0. The van der Waals surface area contributed by atoms with Gasteiger partial charge < -0.3 is 10.0 Å². The van der Waals surface area contributed by atoms with Gasteiger partial charge in [-0.05, 0) is 23.3 Å². The van der Waals surface area contributed by atoms with Crippen LogP contribution in [0.4, 0.5) is 5.69 Å². The van der Waals surface area contributed by atoms with E-state index in [9.17, 15) is 0 Å². The SMILES string of the molecule is N#Cc1ccc(N2CCN(Cc3ccc(CO)cc3)CC2)cn1. The molecule has 5 heteroatoms. The van der Waals surface area contributed by atoms with Crippen LogP contribution in [-0.2, 0) is 13.2 Å². The van der Waals surface area contributed by atoms with E-state index in [1.165, 1.54) is 5.56 Å². The van der Waals surface area contributed by atoms with E-state index in [1.807, 2.05) is 24.3 Å². The Bertz CT molecular complexity index is 668. The maximum atomic E-state index is 9.08. The smallest absolute Gasteiger partial charge is 0.140 e. The highest BCUT2D eigenvalue weighted by Crippen LogP contribution is 2.17. The third kappa shape index (κ3) is 3.86. The van der Waals surface area contributed by atoms with Gasteiger partial charge in [-0.25, -0.2) is 4.98 Å². The number of hydrogen-bond donors (Lipinski definition) is 1. The molecule has 1 aromatic heterocycles. The molecule has 0 unspecified atom stereocenters. The highest BCUT2D eigenvalue weighted by molar-refractivity contribution is 5.46. The number of aliphatic hydroxyl groups is 1. The average Bonchev–Trinajstić information content (AvgIpc) is 2.63. The molecule has 1 N–H and O–H groups in total. The Kier molecular flexibility index (Phi) is 4.86. The van der Waals surface area contributed by atoms with Crippen molar-refractivity contribution in [2.24, 2.45) is 0 Å². The third-order valence-corrected chi connectivity index (χ3v) is 4.21. The number of rotatable bonds is 4. The summed E-state index contributed by atoms with van der Waals surface area (Å²) in [6, 6.07) is 13.9. The van der Waals surface area contributed by atoms with E-state index in [1.54, 1.807) is 12.3 Å². The Labute approximate surface area is 136 Å². The maximum Gasteiger partial charge on any atom is 0.140 e. The Hall–Kier alpha value is -2.42. The first-order chi connectivity index (χ1) is 11.3. The fraction of sp³-hybridized carbons (Fsp3) is 0.333. The van der Waals surface area contributed by atoms with Gasteiger partial charge in [-0.15, -0.1) is 0 Å². The van der Waals surface area contributed by atoms with Crippen LogP contribution in [0.2, 0.25) is 0 Å². The summed E-state index contributed by atoms with van der Waals surface area (Å²) in [5, 5.41) is 17.9. The number of anilines is 1. The zero-order valence-corrected chi connectivity index (χ0v) is 13.0. The molecule has 0 spiro atoms. The van der Waals surface area contributed by atoms with Crippen LogP contribution in [-0.4, -0.2) is 41.2 Å². The lowest BCUT2D eigenvalue weighted by molar-refractivity contribution is 0.249. The summed E-state index contributed by atoms with van der Waals surface area (Å²) in [5.41, 5.74) is 3.76. The fourth-order valence-electron chi connectivity index (χ4n) is 2.81. The van der Waals surface area contributed by atoms with E-state index in [-0.39, 0.29) is 6.61 Å². The van der Waals surface area contributed by atoms with Gasteiger partial charge in [0.05, 0.1) is 18.5 Å². The Balaban J connectivity index is 1.54. The largest absolute Gasteiger partial charge is 0.392 e. The minimum atomic E-state index is 0.0948. The van der Waals surface area contributed by atoms with Crippen molar-refractivity contribution in [1.29, 1.82) is 5.26 Å². The summed E-state index contributed by atoms with van der Waals surface area (Å²) in [6.07, 6.45) is 1.78. The highest BCUT2D eigenvalue weighted by Gasteiger charge is 2.17. The molecular formula is C18H20N4O. The van der Waals surface area contributed by atoms with Crippen LogP contribution in [0.1, 0.15) is 16.8 Å². The molecule has 23 heavy (non-hydrogen) atoms. The van der Waals surface area contributed by atoms with Gasteiger partial charge in [-0.3, -0.25) is 4.90 Å². The monoisotopic (exact) mass is 308 g/mol. The Morgan fingerprint density at radius 2 is 1.70 bits per heavy atom. The zero-order chi connectivity index (χ0) is 16.1. The second kappa shape index (κ2) is 7.23. The minimum Gasteiger partial charge on any atom is -0.392 e. The van der Waals surface area contributed by atoms with E-state index in [4.69, 9.17) is 10.4 Å². The minimum absolute atomic E-state index is 0.0948. The van der Waals surface area contributed by atoms with E-state index in [0.717, 1.165) is 44.0 Å². The normalized spacial score (nSPS) is 15.4. The van der Waals surface area contributed by atoms with E-state index in [0.29, 0.717) is 5.69 Å². The van der Waals surface area contributed by atoms with Crippen LogP contribution < -0.4 is 4.90 Å². The fourth-order valence-corrected chi connectivity index (χ4v) is 2.81. The van der Waals surface area contributed by atoms with E-state index < -0.39 is 0 Å². The van der Waals surface area contributed by atoms with E-state index >= 15 is 0 Å². The quantitative estimate of drug-likeness (QED) is 0.932. The summed E-state index contributed by atoms with van der Waals surface area (Å²) < 4.78 is 0. The number of nitriles is 1. The molecule has 0 aliphatic carbocycles. The number of nitrogens with zero attached hydrogens (tertiary/aromatic N) is 4. The first kappa shape index (κ1) is 15.5. The zero-order valence-electron chi connectivity index (χ0n) is 13.0. The molecule has 1 aliphatic heterocycles. The van der Waals surface area contributed by atoms with Crippen LogP contribution in [0, 0.1) is 11.3 Å². The Morgan fingerprint density at radius 3 is 2.26 bits per heavy atom. The van der Waals surface area contributed by atoms with E-state index in [2.05, 4.69) is 26.9 Å². The average molecular weight is 308 g/mol. The lowest BCUT2D eigenvalue weighted by Crippen LogP contribution is -2.46. The number of pyridine rings is 1. The van der Waals surface area contributed by atoms with Crippen molar-refractivity contribution in [3.05, 3.63) is 59.4 Å². The molecule has 2 heterocycles. The van der Waals surface area contributed by atoms with Gasteiger partial charge in [0.1, 0.15) is 11.8 Å². The van der Waals surface area contributed by atoms with Crippen molar-refractivity contribution in [1.82, 2.24) is 9.88 Å². The predicted octanol–water partition coefficient (Wildman–Crippen LogP) is 1.77. The molecule has 0 bridgehead atoms. The van der Waals surface area contributed by atoms with Gasteiger partial charge in [0.2, 0.25) is 0 Å². The predicted molar refractivity (Wildman–Crippen MR) is 88.8 cm³/mol. The summed E-state index contributed by atoms with van der Waals surface area (Å²) in [5.74, 6) is 0. The standard InChI is InChI=1S/C18H20N4O/c19-11-17-5-6-18(12-20-17)22-9-7-21(8-10-22)13-15-1-3-16(14-23)4-2-15/h1-6,12,23H,7-10,13-14H2. The van der Waals surface area contributed by atoms with Crippen molar-refractivity contribution >= 4 is 5.69 Å². The molecule has 0 radical (unpaired) electrons. The number of aromatic nitrogens is 1. The van der Waals surface area contributed by atoms with Gasteiger partial charge in [0, 0.05) is 32.7 Å². The topological polar surface area (TPSA) is 63.4 Å². The molecule has 3 rings (SSSR count). The van der Waals surface area contributed by atoms with Gasteiger partial charge >= 0.3 is 0 Å². The van der Waals surface area contributed by atoms with Crippen molar-refractivity contribution in [2.45, 2.75) is 13.2 Å². The molecule has 1 fully saturated rings.